The van der Waals surface area contributed by atoms with Crippen LogP contribution >= 0.6 is 0 Å². The molecule has 92 valence electrons. The fourth-order valence-corrected chi connectivity index (χ4v) is 1.77. The summed E-state index contributed by atoms with van der Waals surface area (Å²) in [4.78, 5) is 0. The monoisotopic (exact) mass is 217 g/mol. The largest absolute Gasteiger partial charge is 0.383 e. The zero-order valence-electron chi connectivity index (χ0n) is 11.1. The number of rotatable bonds is 8. The predicted molar refractivity (Wildman–Crippen MR) is 64.3 cm³/mol. The fourth-order valence-electron chi connectivity index (χ4n) is 1.77. The van der Waals surface area contributed by atoms with E-state index in [9.17, 15) is 0 Å². The lowest BCUT2D eigenvalue weighted by atomic mass is 9.99. The highest BCUT2D eigenvalue weighted by atomic mass is 16.5. The molecule has 0 amide bonds. The predicted octanol–water partition coefficient (Wildman–Crippen LogP) is 2.20. The van der Waals surface area contributed by atoms with E-state index in [1.807, 2.05) is 0 Å². The second-order valence-electron chi connectivity index (χ2n) is 4.80. The van der Waals surface area contributed by atoms with Gasteiger partial charge in [0, 0.05) is 26.3 Å². The lowest BCUT2D eigenvalue weighted by molar-refractivity contribution is 0.00658. The van der Waals surface area contributed by atoms with E-state index in [-0.39, 0.29) is 5.60 Å². The van der Waals surface area contributed by atoms with Crippen molar-refractivity contribution in [2.75, 3.05) is 20.8 Å². The Morgan fingerprint density at radius 3 is 2.27 bits per heavy atom. The van der Waals surface area contributed by atoms with E-state index in [0.717, 1.165) is 19.4 Å². The van der Waals surface area contributed by atoms with Crippen molar-refractivity contribution in [2.45, 2.75) is 58.2 Å². The van der Waals surface area contributed by atoms with E-state index in [4.69, 9.17) is 9.47 Å². The van der Waals surface area contributed by atoms with Gasteiger partial charge in [0.15, 0.2) is 0 Å². The number of hydrogen-bond donors (Lipinski definition) is 1. The molecule has 1 N–H and O–H groups in total. The van der Waals surface area contributed by atoms with E-state index in [1.54, 1.807) is 14.2 Å². The van der Waals surface area contributed by atoms with Crippen molar-refractivity contribution in [3.8, 4) is 0 Å². The maximum atomic E-state index is 5.41. The summed E-state index contributed by atoms with van der Waals surface area (Å²) < 4.78 is 10.6. The van der Waals surface area contributed by atoms with Crippen LogP contribution in [-0.2, 0) is 9.47 Å². The fraction of sp³-hybridized carbons (Fsp3) is 1.00. The molecule has 0 radical (unpaired) electrons. The Labute approximate surface area is 94.5 Å². The highest BCUT2D eigenvalue weighted by Gasteiger charge is 2.21. The lowest BCUT2D eigenvalue weighted by Gasteiger charge is -2.29. The summed E-state index contributed by atoms with van der Waals surface area (Å²) >= 11 is 0. The second kappa shape index (κ2) is 7.20. The molecule has 3 heteroatoms. The van der Waals surface area contributed by atoms with Crippen LogP contribution in [0, 0.1) is 0 Å². The van der Waals surface area contributed by atoms with Crippen LogP contribution < -0.4 is 5.32 Å². The van der Waals surface area contributed by atoms with Crippen LogP contribution in [0.1, 0.15) is 40.5 Å². The Kier molecular flexibility index (Phi) is 7.14. The Hall–Kier alpha value is -0.120. The van der Waals surface area contributed by atoms with Crippen molar-refractivity contribution in [3.63, 3.8) is 0 Å². The first-order valence-corrected chi connectivity index (χ1v) is 5.75. The minimum absolute atomic E-state index is 0.0578. The summed E-state index contributed by atoms with van der Waals surface area (Å²) in [5, 5.41) is 3.55. The molecule has 0 aliphatic carbocycles. The van der Waals surface area contributed by atoms with Gasteiger partial charge in [-0.3, -0.25) is 0 Å². The Balaban J connectivity index is 3.94. The van der Waals surface area contributed by atoms with Crippen LogP contribution in [0.5, 0.6) is 0 Å². The van der Waals surface area contributed by atoms with E-state index >= 15 is 0 Å². The Morgan fingerprint density at radius 1 is 1.27 bits per heavy atom. The quantitative estimate of drug-likeness (QED) is 0.676. The molecule has 0 aromatic rings. The summed E-state index contributed by atoms with van der Waals surface area (Å²) in [5.74, 6) is 0. The molecule has 0 saturated heterocycles. The van der Waals surface area contributed by atoms with Gasteiger partial charge in [0.25, 0.3) is 0 Å². The summed E-state index contributed by atoms with van der Waals surface area (Å²) in [7, 11) is 3.51. The maximum Gasteiger partial charge on any atom is 0.0637 e. The molecule has 3 nitrogen and oxygen atoms in total. The first kappa shape index (κ1) is 14.9. The topological polar surface area (TPSA) is 30.5 Å². The van der Waals surface area contributed by atoms with Crippen molar-refractivity contribution in [1.82, 2.24) is 5.32 Å². The van der Waals surface area contributed by atoms with Gasteiger partial charge in [-0.05, 0) is 33.6 Å². The zero-order valence-corrected chi connectivity index (χ0v) is 11.1. The van der Waals surface area contributed by atoms with E-state index in [2.05, 4.69) is 33.0 Å². The third-order valence-corrected chi connectivity index (χ3v) is 2.73. The molecule has 0 unspecified atom stereocenters. The third kappa shape index (κ3) is 6.88. The first-order valence-electron chi connectivity index (χ1n) is 5.75. The highest BCUT2D eigenvalue weighted by Crippen LogP contribution is 2.15. The van der Waals surface area contributed by atoms with E-state index in [0.29, 0.717) is 12.1 Å². The molecule has 0 saturated carbocycles. The van der Waals surface area contributed by atoms with E-state index < -0.39 is 0 Å². The molecular weight excluding hydrogens is 190 g/mol. The normalized spacial score (nSPS) is 16.4. The van der Waals surface area contributed by atoms with Gasteiger partial charge in [0.2, 0.25) is 0 Å². The molecule has 0 aromatic heterocycles. The summed E-state index contributed by atoms with van der Waals surface area (Å²) in [5.41, 5.74) is -0.0578. The number of nitrogens with one attached hydrogen (secondary N) is 1. The highest BCUT2D eigenvalue weighted by molar-refractivity contribution is 4.78. The molecule has 0 bridgehead atoms. The molecular formula is C12H27NO2. The molecule has 0 fully saturated rings. The van der Waals surface area contributed by atoms with E-state index in [1.165, 1.54) is 0 Å². The molecule has 0 aliphatic rings. The number of ether oxygens (including phenoxy) is 2. The van der Waals surface area contributed by atoms with Crippen LogP contribution in [0.3, 0.4) is 0 Å². The van der Waals surface area contributed by atoms with Crippen molar-refractivity contribution >= 4 is 0 Å². The molecule has 0 rings (SSSR count). The average molecular weight is 217 g/mol. The van der Waals surface area contributed by atoms with Gasteiger partial charge in [-0.2, -0.15) is 0 Å². The van der Waals surface area contributed by atoms with Crippen LogP contribution in [0.2, 0.25) is 0 Å². The summed E-state index contributed by atoms with van der Waals surface area (Å²) in [6.45, 7) is 9.36. The summed E-state index contributed by atoms with van der Waals surface area (Å²) in [6, 6.07) is 0.887. The van der Waals surface area contributed by atoms with Gasteiger partial charge in [-0.15, -0.1) is 0 Å². The Morgan fingerprint density at radius 2 is 1.87 bits per heavy atom. The molecule has 0 aromatic carbocycles. The smallest absolute Gasteiger partial charge is 0.0637 e. The van der Waals surface area contributed by atoms with Crippen LogP contribution in [0.15, 0.2) is 0 Å². The third-order valence-electron chi connectivity index (χ3n) is 2.73. The van der Waals surface area contributed by atoms with Gasteiger partial charge in [-0.25, -0.2) is 0 Å². The van der Waals surface area contributed by atoms with Crippen molar-refractivity contribution in [3.05, 3.63) is 0 Å². The molecule has 0 spiro atoms. The van der Waals surface area contributed by atoms with Crippen molar-refractivity contribution in [1.29, 1.82) is 0 Å². The van der Waals surface area contributed by atoms with Crippen LogP contribution in [0.4, 0.5) is 0 Å². The summed E-state index contributed by atoms with van der Waals surface area (Å²) in [6.07, 6.45) is 2.09. The number of hydrogen-bond acceptors (Lipinski definition) is 3. The van der Waals surface area contributed by atoms with Gasteiger partial charge < -0.3 is 14.8 Å². The standard InChI is InChI=1S/C12H27NO2/c1-7-11(9-14-5)13-10(2)8-12(3,4)15-6/h10-11,13H,7-9H2,1-6H3/t10-,11+/m0/s1. The Bertz CT molecular complexity index is 160. The molecule has 15 heavy (non-hydrogen) atoms. The minimum Gasteiger partial charge on any atom is -0.383 e. The zero-order chi connectivity index (χ0) is 11.9. The van der Waals surface area contributed by atoms with Crippen molar-refractivity contribution < 1.29 is 9.47 Å². The van der Waals surface area contributed by atoms with Gasteiger partial charge in [-0.1, -0.05) is 6.92 Å². The molecule has 0 aliphatic heterocycles. The van der Waals surface area contributed by atoms with Crippen LogP contribution in [0.25, 0.3) is 0 Å². The van der Waals surface area contributed by atoms with Gasteiger partial charge >= 0.3 is 0 Å². The lowest BCUT2D eigenvalue weighted by Crippen LogP contribution is -2.42. The van der Waals surface area contributed by atoms with Crippen LogP contribution in [-0.4, -0.2) is 38.5 Å². The number of methoxy groups -OCH3 is 2. The van der Waals surface area contributed by atoms with Gasteiger partial charge in [0.05, 0.1) is 12.2 Å². The minimum atomic E-state index is -0.0578. The van der Waals surface area contributed by atoms with Gasteiger partial charge in [0.1, 0.15) is 0 Å². The SMILES string of the molecule is CC[C@H](COC)N[C@@H](C)CC(C)(C)OC. The average Bonchev–Trinajstić information content (AvgIpc) is 2.16. The molecule has 0 heterocycles. The molecule has 2 atom stereocenters. The first-order chi connectivity index (χ1) is 6.95. The van der Waals surface area contributed by atoms with Crippen molar-refractivity contribution in [2.24, 2.45) is 0 Å². The maximum absolute atomic E-state index is 5.41. The second-order valence-corrected chi connectivity index (χ2v) is 4.80.